The van der Waals surface area contributed by atoms with Gasteiger partial charge in [0, 0.05) is 19.8 Å². The molecule has 0 fully saturated rings. The Morgan fingerprint density at radius 3 is 2.19 bits per heavy atom. The van der Waals surface area contributed by atoms with Gasteiger partial charge in [0.1, 0.15) is 0 Å². The van der Waals surface area contributed by atoms with Crippen molar-refractivity contribution in [3.05, 3.63) is 11.4 Å². The zero-order chi connectivity index (χ0) is 16.5. The zero-order valence-corrected chi connectivity index (χ0v) is 12.0. The Bertz CT molecular complexity index is 505. The number of nitrogens with zero attached hydrogens (tertiary/aromatic N) is 4. The van der Waals surface area contributed by atoms with Crippen molar-refractivity contribution in [1.29, 1.82) is 5.26 Å². The van der Waals surface area contributed by atoms with E-state index in [1.54, 1.807) is 0 Å². The van der Waals surface area contributed by atoms with Gasteiger partial charge in [-0.25, -0.2) is 6.57 Å². The Hall–Kier alpha value is -2.48. The lowest BCUT2D eigenvalue weighted by atomic mass is 9.99. The molecule has 0 aliphatic heterocycles. The molecule has 0 amide bonds. The molecular weight excluding hydrogens is 276 g/mol. The third-order valence-electron chi connectivity index (χ3n) is 2.83. The number of aliphatic carboxylic acids is 2. The lowest BCUT2D eigenvalue weighted by Gasteiger charge is -2.16. The van der Waals surface area contributed by atoms with Crippen molar-refractivity contribution in [2.45, 2.75) is 57.2 Å². The van der Waals surface area contributed by atoms with Gasteiger partial charge in [0.25, 0.3) is 0 Å². The Morgan fingerprint density at radius 2 is 1.76 bits per heavy atom. The van der Waals surface area contributed by atoms with E-state index in [-0.39, 0.29) is 32.1 Å². The maximum Gasteiger partial charge on any atom is 0.337 e. The molecule has 2 unspecified atom stereocenters. The molecule has 21 heavy (non-hydrogen) atoms. The predicted molar refractivity (Wildman–Crippen MR) is 72.2 cm³/mol. The molecule has 8 nitrogen and oxygen atoms in total. The number of rotatable bonds is 9. The van der Waals surface area contributed by atoms with Crippen LogP contribution in [0.3, 0.4) is 0 Å². The van der Waals surface area contributed by atoms with E-state index in [2.05, 4.69) is 15.1 Å². The summed E-state index contributed by atoms with van der Waals surface area (Å²) in [5.74, 6) is -2.00. The minimum Gasteiger partial charge on any atom is -0.481 e. The highest BCUT2D eigenvalue weighted by molar-refractivity contribution is 5.67. The molecule has 0 aliphatic carbocycles. The topological polar surface area (TPSA) is 127 Å². The molecule has 8 heteroatoms. The first-order valence-corrected chi connectivity index (χ1v) is 6.34. The van der Waals surface area contributed by atoms with Gasteiger partial charge in [-0.2, -0.15) is 10.4 Å². The van der Waals surface area contributed by atoms with Gasteiger partial charge in [-0.15, -0.1) is 5.11 Å². The number of carboxylic acids is 2. The van der Waals surface area contributed by atoms with Gasteiger partial charge in [-0.3, -0.25) is 14.4 Å². The zero-order valence-electron chi connectivity index (χ0n) is 12.0. The fraction of sp³-hybridized carbons (Fsp3) is 0.692. The highest BCUT2D eigenvalue weighted by Gasteiger charge is 2.32. The van der Waals surface area contributed by atoms with Crippen LogP contribution in [-0.4, -0.2) is 33.4 Å². The first kappa shape index (κ1) is 18.5. The van der Waals surface area contributed by atoms with Crippen LogP contribution in [0.2, 0.25) is 0 Å². The van der Waals surface area contributed by atoms with Crippen LogP contribution in [0.5, 0.6) is 0 Å². The third-order valence-corrected chi connectivity index (χ3v) is 2.83. The number of hydrogen-bond acceptors (Lipinski definition) is 5. The largest absolute Gasteiger partial charge is 0.481 e. The van der Waals surface area contributed by atoms with Crippen molar-refractivity contribution in [2.75, 3.05) is 0 Å². The minimum atomic E-state index is -1.31. The van der Waals surface area contributed by atoms with Crippen molar-refractivity contribution in [1.82, 2.24) is 0 Å². The Morgan fingerprint density at radius 1 is 1.19 bits per heavy atom. The standard InChI is InChI=1S/C13H18N4O4/c1-12(9-14,8-6-11(20)21)16-17-13(2,15-3)7-4-5-10(18)19/h4-8H2,1-2H3,(H,18,19)(H,20,21). The summed E-state index contributed by atoms with van der Waals surface area (Å²) in [6.45, 7) is 10.1. The molecule has 114 valence electrons. The lowest BCUT2D eigenvalue weighted by molar-refractivity contribution is -0.138. The number of carboxylic acid groups (broad SMARTS) is 2. The Balaban J connectivity index is 4.83. The van der Waals surface area contributed by atoms with Gasteiger partial charge >= 0.3 is 17.6 Å². The second-order valence-electron chi connectivity index (χ2n) is 5.06. The molecule has 0 aromatic heterocycles. The summed E-state index contributed by atoms with van der Waals surface area (Å²) in [4.78, 5) is 24.3. The summed E-state index contributed by atoms with van der Waals surface area (Å²) in [5, 5.41) is 33.9. The molecule has 0 aromatic carbocycles. The quantitative estimate of drug-likeness (QED) is 0.498. The van der Waals surface area contributed by atoms with E-state index in [1.165, 1.54) is 13.8 Å². The van der Waals surface area contributed by atoms with Gasteiger partial charge in [-0.1, -0.05) is 0 Å². The summed E-state index contributed by atoms with van der Waals surface area (Å²) in [7, 11) is 0. The van der Waals surface area contributed by atoms with Crippen LogP contribution in [0, 0.1) is 17.9 Å². The summed E-state index contributed by atoms with van der Waals surface area (Å²) < 4.78 is 0. The SMILES string of the molecule is [C-]#[N+]C(C)(CCCC(=O)O)N=NC(C)(C#N)CCC(=O)O. The molecule has 0 aliphatic rings. The number of azo groups is 1. The minimum absolute atomic E-state index is 0.00839. The van der Waals surface area contributed by atoms with Gasteiger partial charge < -0.3 is 10.2 Å². The highest BCUT2D eigenvalue weighted by atomic mass is 16.4. The maximum atomic E-state index is 10.5. The van der Waals surface area contributed by atoms with E-state index in [9.17, 15) is 9.59 Å². The first-order valence-electron chi connectivity index (χ1n) is 6.34. The highest BCUT2D eigenvalue weighted by Crippen LogP contribution is 2.25. The number of nitriles is 1. The molecule has 0 saturated carbocycles. The van der Waals surface area contributed by atoms with E-state index in [0.29, 0.717) is 0 Å². The van der Waals surface area contributed by atoms with Crippen LogP contribution >= 0.6 is 0 Å². The van der Waals surface area contributed by atoms with E-state index in [1.807, 2.05) is 6.07 Å². The van der Waals surface area contributed by atoms with Crippen molar-refractivity contribution in [2.24, 2.45) is 10.2 Å². The number of hydrogen-bond donors (Lipinski definition) is 2. The molecule has 0 spiro atoms. The molecule has 0 radical (unpaired) electrons. The normalized spacial score (nSPS) is 16.4. The average molecular weight is 294 g/mol. The predicted octanol–water partition coefficient (Wildman–Crippen LogP) is 2.48. The van der Waals surface area contributed by atoms with Crippen LogP contribution in [0.25, 0.3) is 4.85 Å². The summed E-state index contributed by atoms with van der Waals surface area (Å²) in [6.07, 6.45) is 0.163. The van der Waals surface area contributed by atoms with Gasteiger partial charge in [0.05, 0.1) is 12.5 Å². The maximum absolute atomic E-state index is 10.5. The molecule has 0 saturated heterocycles. The van der Waals surface area contributed by atoms with E-state index in [0.717, 1.165) is 0 Å². The second kappa shape index (κ2) is 7.95. The monoisotopic (exact) mass is 294 g/mol. The molecule has 0 bridgehead atoms. The van der Waals surface area contributed by atoms with Gasteiger partial charge in [-0.05, 0) is 19.8 Å². The van der Waals surface area contributed by atoms with Crippen molar-refractivity contribution in [3.8, 4) is 6.07 Å². The van der Waals surface area contributed by atoms with Gasteiger partial charge in [0.15, 0.2) is 5.54 Å². The second-order valence-corrected chi connectivity index (χ2v) is 5.06. The van der Waals surface area contributed by atoms with E-state index in [4.69, 9.17) is 22.0 Å². The molecule has 2 atom stereocenters. The molecule has 0 heterocycles. The van der Waals surface area contributed by atoms with Crippen LogP contribution in [-0.2, 0) is 9.59 Å². The fourth-order valence-corrected chi connectivity index (χ4v) is 1.40. The Kier molecular flexibility index (Phi) is 7.01. The number of carbonyl (C=O) groups is 2. The van der Waals surface area contributed by atoms with Crippen molar-refractivity contribution < 1.29 is 19.8 Å². The van der Waals surface area contributed by atoms with Crippen LogP contribution in [0.15, 0.2) is 10.2 Å². The average Bonchev–Trinajstić information content (AvgIpc) is 2.42. The Labute approximate surface area is 122 Å². The molecule has 2 N–H and O–H groups in total. The molecular formula is C13H18N4O4. The molecule has 0 rings (SSSR count). The van der Waals surface area contributed by atoms with E-state index < -0.39 is 23.1 Å². The third kappa shape index (κ3) is 7.63. The van der Waals surface area contributed by atoms with E-state index >= 15 is 0 Å². The van der Waals surface area contributed by atoms with Gasteiger partial charge in [0.2, 0.25) is 0 Å². The van der Waals surface area contributed by atoms with Crippen LogP contribution < -0.4 is 0 Å². The van der Waals surface area contributed by atoms with Crippen molar-refractivity contribution >= 4 is 11.9 Å². The molecule has 0 aromatic rings. The van der Waals surface area contributed by atoms with Crippen LogP contribution in [0.1, 0.15) is 46.0 Å². The van der Waals surface area contributed by atoms with Crippen LogP contribution in [0.4, 0.5) is 0 Å². The smallest absolute Gasteiger partial charge is 0.337 e. The lowest BCUT2D eigenvalue weighted by Crippen LogP contribution is -2.23. The summed E-state index contributed by atoms with van der Waals surface area (Å²) in [6, 6.07) is 1.88. The fourth-order valence-electron chi connectivity index (χ4n) is 1.40. The van der Waals surface area contributed by atoms with Crippen molar-refractivity contribution in [3.63, 3.8) is 0 Å². The first-order chi connectivity index (χ1) is 9.66. The summed E-state index contributed by atoms with van der Waals surface area (Å²) >= 11 is 0. The summed E-state index contributed by atoms with van der Waals surface area (Å²) in [5.41, 5.74) is -2.55.